The van der Waals surface area contributed by atoms with Gasteiger partial charge in [0, 0.05) is 29.6 Å². The lowest BCUT2D eigenvalue weighted by Gasteiger charge is -2.17. The van der Waals surface area contributed by atoms with Crippen LogP contribution in [0.2, 0.25) is 0 Å². The average Bonchev–Trinajstić information content (AvgIpc) is 2.70. The topological polar surface area (TPSA) is 135 Å². The van der Waals surface area contributed by atoms with Crippen LogP contribution in [0.3, 0.4) is 0 Å². The number of benzene rings is 1. The van der Waals surface area contributed by atoms with E-state index in [0.29, 0.717) is 24.7 Å². The average molecular weight is 401 g/mol. The van der Waals surface area contributed by atoms with E-state index >= 15 is 0 Å². The molecule has 0 aliphatic rings. The van der Waals surface area contributed by atoms with Crippen molar-refractivity contribution >= 4 is 34.6 Å². The molecule has 0 radical (unpaired) electrons. The van der Waals surface area contributed by atoms with E-state index in [1.165, 1.54) is 0 Å². The van der Waals surface area contributed by atoms with Gasteiger partial charge in [-0.1, -0.05) is 12.6 Å². The number of fused-ring (bicyclic) bond motifs is 1. The molecule has 29 heavy (non-hydrogen) atoms. The molecule has 1 unspecified atom stereocenters. The number of hydrogen-bond acceptors (Lipinski definition) is 6. The number of nitrogens with two attached hydrogens (primary N) is 1. The Morgan fingerprint density at radius 3 is 2.45 bits per heavy atom. The third-order valence-corrected chi connectivity index (χ3v) is 3.84. The summed E-state index contributed by atoms with van der Waals surface area (Å²) in [6.07, 6.45) is 4.90. The molecule has 2 aromatic rings. The summed E-state index contributed by atoms with van der Waals surface area (Å²) in [5.74, 6) is -1.69. The first-order valence-corrected chi connectivity index (χ1v) is 9.02. The minimum absolute atomic E-state index is 0.332. The van der Waals surface area contributed by atoms with Crippen molar-refractivity contribution in [2.75, 3.05) is 19.0 Å². The van der Waals surface area contributed by atoms with E-state index in [0.717, 1.165) is 40.9 Å². The number of hydrogen-bond donors (Lipinski definition) is 4. The molecule has 0 aliphatic heterocycles. The van der Waals surface area contributed by atoms with Gasteiger partial charge in [0.05, 0.1) is 24.0 Å². The zero-order chi connectivity index (χ0) is 21.8. The molecular weight excluding hydrogens is 374 g/mol. The van der Waals surface area contributed by atoms with Crippen LogP contribution in [0.5, 0.6) is 5.75 Å². The van der Waals surface area contributed by atoms with Crippen LogP contribution < -0.4 is 15.8 Å². The van der Waals surface area contributed by atoms with Gasteiger partial charge in [-0.25, -0.2) is 14.6 Å². The van der Waals surface area contributed by atoms with E-state index < -0.39 is 11.9 Å². The van der Waals surface area contributed by atoms with Crippen molar-refractivity contribution < 1.29 is 24.5 Å². The smallest absolute Gasteiger partial charge is 0.328 e. The van der Waals surface area contributed by atoms with E-state index in [1.807, 2.05) is 24.3 Å². The van der Waals surface area contributed by atoms with Crippen molar-refractivity contribution in [3.05, 3.63) is 48.7 Å². The molecular formula is C21H27N3O5. The lowest BCUT2D eigenvalue weighted by molar-refractivity contribution is -0.134. The Kier molecular flexibility index (Phi) is 9.90. The van der Waals surface area contributed by atoms with Crippen molar-refractivity contribution in [2.24, 2.45) is 5.73 Å². The zero-order valence-corrected chi connectivity index (χ0v) is 16.6. The Morgan fingerprint density at radius 1 is 1.28 bits per heavy atom. The number of rotatable bonds is 9. The lowest BCUT2D eigenvalue weighted by atomic mass is 10.1. The van der Waals surface area contributed by atoms with E-state index in [-0.39, 0.29) is 0 Å². The third kappa shape index (κ3) is 8.44. The normalized spacial score (nSPS) is 11.4. The molecule has 8 nitrogen and oxygen atoms in total. The standard InChI is InChI=1S/C17H23N3O.C4H4O4/c1-4-14-8-7-13-10-15(21-3)11-16(17(13)20-14)19-12(2)6-5-9-18;5-3(6)1-2-4(7)8/h4,7-8,10-12,19H,1,5-6,9,18H2,2-3H3;1-2H,(H,5,6)(H,7,8). The second-order valence-electron chi connectivity index (χ2n) is 6.17. The highest BCUT2D eigenvalue weighted by Crippen LogP contribution is 2.29. The molecule has 0 saturated carbocycles. The molecule has 0 amide bonds. The Bertz CT molecular complexity index is 864. The first-order valence-electron chi connectivity index (χ1n) is 9.02. The van der Waals surface area contributed by atoms with Gasteiger partial charge in [0.15, 0.2) is 0 Å². The molecule has 0 saturated heterocycles. The predicted molar refractivity (Wildman–Crippen MR) is 114 cm³/mol. The largest absolute Gasteiger partial charge is 0.497 e. The minimum atomic E-state index is -1.26. The van der Waals surface area contributed by atoms with Gasteiger partial charge < -0.3 is 26.0 Å². The van der Waals surface area contributed by atoms with Gasteiger partial charge >= 0.3 is 11.9 Å². The zero-order valence-electron chi connectivity index (χ0n) is 16.6. The number of carbonyl (C=O) groups is 2. The number of methoxy groups -OCH3 is 1. The first kappa shape index (κ1) is 23.6. The highest BCUT2D eigenvalue weighted by atomic mass is 16.5. The molecule has 2 rings (SSSR count). The van der Waals surface area contributed by atoms with E-state index in [2.05, 4.69) is 23.8 Å². The Morgan fingerprint density at radius 2 is 1.93 bits per heavy atom. The highest BCUT2D eigenvalue weighted by Gasteiger charge is 2.09. The van der Waals surface area contributed by atoms with E-state index in [1.54, 1.807) is 13.2 Å². The van der Waals surface area contributed by atoms with E-state index in [9.17, 15) is 9.59 Å². The first-order chi connectivity index (χ1) is 13.8. The van der Waals surface area contributed by atoms with E-state index in [4.69, 9.17) is 20.7 Å². The number of pyridine rings is 1. The molecule has 1 aromatic heterocycles. The number of nitrogens with one attached hydrogen (secondary N) is 1. The molecule has 5 N–H and O–H groups in total. The quantitative estimate of drug-likeness (QED) is 0.471. The van der Waals surface area contributed by atoms with Crippen molar-refractivity contribution in [1.82, 2.24) is 4.98 Å². The van der Waals surface area contributed by atoms with Gasteiger partial charge in [0.25, 0.3) is 0 Å². The van der Waals surface area contributed by atoms with Crippen LogP contribution in [-0.2, 0) is 9.59 Å². The van der Waals surface area contributed by atoms with Crippen molar-refractivity contribution in [2.45, 2.75) is 25.8 Å². The maximum Gasteiger partial charge on any atom is 0.328 e. The van der Waals surface area contributed by atoms with Gasteiger partial charge in [0.2, 0.25) is 0 Å². The summed E-state index contributed by atoms with van der Waals surface area (Å²) in [6, 6.07) is 8.30. The Labute approximate surface area is 169 Å². The lowest BCUT2D eigenvalue weighted by Crippen LogP contribution is -2.17. The third-order valence-electron chi connectivity index (χ3n) is 3.84. The second-order valence-corrected chi connectivity index (χ2v) is 6.17. The molecule has 1 aromatic carbocycles. The summed E-state index contributed by atoms with van der Waals surface area (Å²) in [4.78, 5) is 23.7. The molecule has 1 atom stereocenters. The van der Waals surface area contributed by atoms with Crippen molar-refractivity contribution in [1.29, 1.82) is 0 Å². The summed E-state index contributed by atoms with van der Waals surface area (Å²) in [5, 5.41) is 20.2. The van der Waals surface area contributed by atoms with Crippen LogP contribution in [-0.4, -0.2) is 46.8 Å². The molecule has 8 heteroatoms. The maximum absolute atomic E-state index is 9.55. The summed E-state index contributed by atoms with van der Waals surface area (Å²) >= 11 is 0. The van der Waals surface area contributed by atoms with Gasteiger partial charge in [-0.05, 0) is 44.5 Å². The monoisotopic (exact) mass is 401 g/mol. The van der Waals surface area contributed by atoms with Crippen LogP contribution in [0.25, 0.3) is 17.0 Å². The molecule has 1 heterocycles. The number of carboxylic acids is 2. The summed E-state index contributed by atoms with van der Waals surface area (Å²) in [7, 11) is 1.67. The molecule has 156 valence electrons. The molecule has 0 spiro atoms. The summed E-state index contributed by atoms with van der Waals surface area (Å²) in [6.45, 7) is 6.64. The Balaban J connectivity index is 0.000000447. The number of nitrogens with zero attached hydrogens (tertiary/aromatic N) is 1. The van der Waals surface area contributed by atoms with Crippen LogP contribution in [0.1, 0.15) is 25.5 Å². The number of anilines is 1. The van der Waals surface area contributed by atoms with Gasteiger partial charge in [-0.2, -0.15) is 0 Å². The highest BCUT2D eigenvalue weighted by molar-refractivity contribution is 5.92. The predicted octanol–water partition coefficient (Wildman–Crippen LogP) is 3.14. The van der Waals surface area contributed by atoms with Crippen LogP contribution >= 0.6 is 0 Å². The number of aromatic nitrogens is 1. The molecule has 0 aliphatic carbocycles. The molecule has 0 fully saturated rings. The summed E-state index contributed by atoms with van der Waals surface area (Å²) < 4.78 is 5.37. The molecule has 0 bridgehead atoms. The fourth-order valence-corrected chi connectivity index (χ4v) is 2.47. The second kappa shape index (κ2) is 12.1. The van der Waals surface area contributed by atoms with Gasteiger partial charge in [0.1, 0.15) is 5.75 Å². The number of carboxylic acid groups (broad SMARTS) is 2. The van der Waals surface area contributed by atoms with Crippen molar-refractivity contribution in [3.8, 4) is 5.75 Å². The van der Waals surface area contributed by atoms with Gasteiger partial charge in [-0.15, -0.1) is 0 Å². The van der Waals surface area contributed by atoms with Crippen LogP contribution in [0.15, 0.2) is 43.0 Å². The summed E-state index contributed by atoms with van der Waals surface area (Å²) in [5.41, 5.74) is 8.36. The number of ether oxygens (including phenoxy) is 1. The fourth-order valence-electron chi connectivity index (χ4n) is 2.47. The van der Waals surface area contributed by atoms with Gasteiger partial charge in [-0.3, -0.25) is 0 Å². The maximum atomic E-state index is 9.55. The SMILES string of the molecule is C=Cc1ccc2cc(OC)cc(NC(C)CCCN)c2n1.O=C(O)C=CC(=O)O. The van der Waals surface area contributed by atoms with Crippen LogP contribution in [0, 0.1) is 0 Å². The van der Waals surface area contributed by atoms with Crippen molar-refractivity contribution in [3.63, 3.8) is 0 Å². The Hall–Kier alpha value is -3.39. The number of aliphatic carboxylic acids is 2. The minimum Gasteiger partial charge on any atom is -0.497 e. The van der Waals surface area contributed by atoms with Crippen LogP contribution in [0.4, 0.5) is 5.69 Å². The fraction of sp³-hybridized carbons (Fsp3) is 0.286.